The van der Waals surface area contributed by atoms with Crippen LogP contribution in [0, 0.1) is 0 Å². The molecule has 0 spiro atoms. The summed E-state index contributed by atoms with van der Waals surface area (Å²) in [6.45, 7) is 1.49. The topological polar surface area (TPSA) is 66.4 Å². The summed E-state index contributed by atoms with van der Waals surface area (Å²) in [5, 5.41) is 9.11. The van der Waals surface area contributed by atoms with Gasteiger partial charge >= 0.3 is 6.18 Å². The van der Waals surface area contributed by atoms with Gasteiger partial charge in [0.2, 0.25) is 10.0 Å². The van der Waals surface area contributed by atoms with Crippen molar-refractivity contribution in [1.29, 1.82) is 0 Å². The summed E-state index contributed by atoms with van der Waals surface area (Å²) < 4.78 is 63.1. The number of sulfonamides is 1. The van der Waals surface area contributed by atoms with Crippen molar-refractivity contribution in [3.8, 4) is 0 Å². The maximum atomic E-state index is 12.5. The van der Waals surface area contributed by atoms with Crippen LogP contribution in [0.1, 0.15) is 18.6 Å². The van der Waals surface area contributed by atoms with Gasteiger partial charge in [-0.15, -0.1) is 0 Å². The quantitative estimate of drug-likeness (QED) is 0.895. The Balaban J connectivity index is 3.43. The highest BCUT2D eigenvalue weighted by atomic mass is 35.5. The second-order valence-electron chi connectivity index (χ2n) is 3.63. The van der Waals surface area contributed by atoms with Crippen LogP contribution in [0.5, 0.6) is 0 Å². The Morgan fingerprint density at radius 3 is 2.47 bits per heavy atom. The molecule has 0 saturated heterocycles. The molecule has 0 aliphatic heterocycles. The number of nitrogens with one attached hydrogen (secondary N) is 1. The van der Waals surface area contributed by atoms with Gasteiger partial charge in [0.15, 0.2) is 6.10 Å². The molecule has 0 aromatic heterocycles. The van der Waals surface area contributed by atoms with Crippen molar-refractivity contribution >= 4 is 21.6 Å². The monoisotopic (exact) mass is 317 g/mol. The summed E-state index contributed by atoms with van der Waals surface area (Å²) in [6, 6.07) is 2.84. The van der Waals surface area contributed by atoms with Crippen molar-refractivity contribution in [2.24, 2.45) is 0 Å². The van der Waals surface area contributed by atoms with Crippen LogP contribution in [0.15, 0.2) is 23.1 Å². The molecular formula is C10H11ClF3NO3S. The van der Waals surface area contributed by atoms with E-state index < -0.39 is 32.8 Å². The molecule has 0 heterocycles. The molecule has 0 aliphatic carbocycles. The van der Waals surface area contributed by atoms with Gasteiger partial charge in [0.1, 0.15) is 0 Å². The lowest BCUT2D eigenvalue weighted by Crippen LogP contribution is -2.27. The Morgan fingerprint density at radius 1 is 1.42 bits per heavy atom. The number of rotatable bonds is 4. The molecule has 19 heavy (non-hydrogen) atoms. The molecule has 2 N–H and O–H groups in total. The lowest BCUT2D eigenvalue weighted by atomic mass is 10.1. The summed E-state index contributed by atoms with van der Waals surface area (Å²) >= 11 is 5.54. The number of hydrogen-bond donors (Lipinski definition) is 2. The van der Waals surface area contributed by atoms with Crippen molar-refractivity contribution in [3.05, 3.63) is 28.8 Å². The zero-order valence-corrected chi connectivity index (χ0v) is 11.3. The second-order valence-corrected chi connectivity index (χ2v) is 5.80. The number of halogens is 4. The standard InChI is InChI=1S/C10H11ClF3NO3S/c1-2-15-19(17,18)8-4-3-6(11)5-7(8)9(16)10(12,13)14/h3-5,9,15-16H,2H2,1H3. The first-order valence-corrected chi connectivity index (χ1v) is 6.99. The van der Waals surface area contributed by atoms with Crippen molar-refractivity contribution in [3.63, 3.8) is 0 Å². The molecule has 0 aliphatic rings. The predicted octanol–water partition coefficient (Wildman–Crippen LogP) is 2.23. The molecule has 1 aromatic carbocycles. The first kappa shape index (κ1) is 16.2. The Kier molecular flexibility index (Phi) is 4.83. The van der Waals surface area contributed by atoms with Crippen LogP contribution in [-0.2, 0) is 10.0 Å². The van der Waals surface area contributed by atoms with Crippen LogP contribution in [-0.4, -0.2) is 26.2 Å². The zero-order chi connectivity index (χ0) is 14.8. The number of aliphatic hydroxyl groups excluding tert-OH is 1. The van der Waals surface area contributed by atoms with Crippen LogP contribution in [0.3, 0.4) is 0 Å². The fourth-order valence-electron chi connectivity index (χ4n) is 1.42. The maximum absolute atomic E-state index is 12.5. The molecule has 1 rings (SSSR count). The average molecular weight is 318 g/mol. The molecule has 0 bridgehead atoms. The Labute approximate surface area is 113 Å². The molecule has 1 atom stereocenters. The van der Waals surface area contributed by atoms with Gasteiger partial charge in [-0.2, -0.15) is 13.2 Å². The van der Waals surface area contributed by atoms with E-state index in [2.05, 4.69) is 4.72 Å². The zero-order valence-electron chi connectivity index (χ0n) is 9.70. The molecule has 0 saturated carbocycles. The Morgan fingerprint density at radius 2 is 2.00 bits per heavy atom. The lowest BCUT2D eigenvalue weighted by Gasteiger charge is -2.18. The van der Waals surface area contributed by atoms with Gasteiger partial charge in [-0.05, 0) is 18.2 Å². The van der Waals surface area contributed by atoms with Crippen LogP contribution in [0.4, 0.5) is 13.2 Å². The van der Waals surface area contributed by atoms with E-state index in [1.54, 1.807) is 0 Å². The van der Waals surface area contributed by atoms with Crippen LogP contribution in [0.2, 0.25) is 5.02 Å². The van der Waals surface area contributed by atoms with E-state index in [0.29, 0.717) is 0 Å². The number of alkyl halides is 3. The molecule has 1 unspecified atom stereocenters. The minimum atomic E-state index is -4.98. The molecule has 108 valence electrons. The predicted molar refractivity (Wildman–Crippen MR) is 63.3 cm³/mol. The van der Waals surface area contributed by atoms with Crippen molar-refractivity contribution in [2.45, 2.75) is 24.1 Å². The molecule has 9 heteroatoms. The SMILES string of the molecule is CCNS(=O)(=O)c1ccc(Cl)cc1C(O)C(F)(F)F. The van der Waals surface area contributed by atoms with Crippen molar-refractivity contribution in [1.82, 2.24) is 4.72 Å². The number of hydrogen-bond acceptors (Lipinski definition) is 3. The van der Waals surface area contributed by atoms with Crippen LogP contribution in [0.25, 0.3) is 0 Å². The molecule has 0 fully saturated rings. The highest BCUT2D eigenvalue weighted by molar-refractivity contribution is 7.89. The van der Waals surface area contributed by atoms with Gasteiger partial charge in [0, 0.05) is 17.1 Å². The fraction of sp³-hybridized carbons (Fsp3) is 0.400. The molecule has 1 aromatic rings. The third kappa shape index (κ3) is 3.82. The van der Waals surface area contributed by atoms with Gasteiger partial charge in [0.25, 0.3) is 0 Å². The van der Waals surface area contributed by atoms with E-state index in [-0.39, 0.29) is 11.6 Å². The van der Waals surface area contributed by atoms with Gasteiger partial charge in [-0.1, -0.05) is 18.5 Å². The Hall–Kier alpha value is -0.830. The van der Waals surface area contributed by atoms with Gasteiger partial charge in [-0.3, -0.25) is 0 Å². The van der Waals surface area contributed by atoms with Crippen molar-refractivity contribution in [2.75, 3.05) is 6.54 Å². The van der Waals surface area contributed by atoms with Gasteiger partial charge in [0.05, 0.1) is 4.90 Å². The van der Waals surface area contributed by atoms with Crippen LogP contribution >= 0.6 is 11.6 Å². The fourth-order valence-corrected chi connectivity index (χ4v) is 2.87. The van der Waals surface area contributed by atoms with E-state index in [1.165, 1.54) is 6.92 Å². The van der Waals surface area contributed by atoms with Gasteiger partial charge in [-0.25, -0.2) is 13.1 Å². The summed E-state index contributed by atoms with van der Waals surface area (Å²) in [7, 11) is -4.13. The van der Waals surface area contributed by atoms with E-state index >= 15 is 0 Å². The average Bonchev–Trinajstić information content (AvgIpc) is 2.26. The lowest BCUT2D eigenvalue weighted by molar-refractivity contribution is -0.207. The Bertz CT molecular complexity index is 560. The second kappa shape index (κ2) is 5.66. The summed E-state index contributed by atoms with van der Waals surface area (Å²) in [4.78, 5) is -0.649. The van der Waals surface area contributed by atoms with Crippen LogP contribution < -0.4 is 4.72 Å². The summed E-state index contributed by atoms with van der Waals surface area (Å²) in [5.74, 6) is 0. The molecule has 4 nitrogen and oxygen atoms in total. The van der Waals surface area contributed by atoms with E-state index in [0.717, 1.165) is 18.2 Å². The summed E-state index contributed by atoms with van der Waals surface area (Å²) in [5.41, 5.74) is -0.805. The van der Waals surface area contributed by atoms with E-state index in [9.17, 15) is 26.7 Å². The first-order chi connectivity index (χ1) is 8.59. The van der Waals surface area contributed by atoms with Crippen molar-refractivity contribution < 1.29 is 26.7 Å². The number of benzene rings is 1. The normalized spacial score (nSPS) is 14.4. The highest BCUT2D eigenvalue weighted by Gasteiger charge is 2.42. The number of aliphatic hydroxyl groups is 1. The molecular weight excluding hydrogens is 307 g/mol. The minimum Gasteiger partial charge on any atom is -0.379 e. The van der Waals surface area contributed by atoms with Gasteiger partial charge < -0.3 is 5.11 Å². The third-order valence-corrected chi connectivity index (χ3v) is 4.05. The molecule has 0 radical (unpaired) electrons. The molecule has 0 amide bonds. The van der Waals surface area contributed by atoms with E-state index in [1.807, 2.05) is 0 Å². The summed E-state index contributed by atoms with van der Waals surface area (Å²) in [6.07, 6.45) is -7.91. The highest BCUT2D eigenvalue weighted by Crippen LogP contribution is 2.36. The minimum absolute atomic E-state index is 0.00646. The largest absolute Gasteiger partial charge is 0.418 e. The maximum Gasteiger partial charge on any atom is 0.418 e. The first-order valence-electron chi connectivity index (χ1n) is 5.13. The van der Waals surface area contributed by atoms with E-state index in [4.69, 9.17) is 11.6 Å². The third-order valence-electron chi connectivity index (χ3n) is 2.20. The smallest absolute Gasteiger partial charge is 0.379 e.